The summed E-state index contributed by atoms with van der Waals surface area (Å²) in [5, 5.41) is 3.00. The van der Waals surface area contributed by atoms with Crippen LogP contribution in [0.3, 0.4) is 0 Å². The van der Waals surface area contributed by atoms with Crippen molar-refractivity contribution < 1.29 is 33.3 Å². The SMILES string of the molecule is COC(=O)COC1(c2ccc(/C=C/CC(NC(=O)c3c(Cl)cccc3Cl)C(=O)OC)cc2)CCOCC1. The number of amides is 1. The Hall–Kier alpha value is -2.91. The van der Waals surface area contributed by atoms with E-state index in [4.69, 9.17) is 42.1 Å². The van der Waals surface area contributed by atoms with Gasteiger partial charge in [-0.2, -0.15) is 0 Å². The lowest BCUT2D eigenvalue weighted by Gasteiger charge is -2.37. The Morgan fingerprint density at radius 3 is 2.27 bits per heavy atom. The molecule has 1 saturated heterocycles. The molecule has 1 N–H and O–H groups in total. The van der Waals surface area contributed by atoms with Gasteiger partial charge in [-0.25, -0.2) is 9.59 Å². The second kappa shape index (κ2) is 13.6. The predicted molar refractivity (Wildman–Crippen MR) is 140 cm³/mol. The third kappa shape index (κ3) is 7.55. The summed E-state index contributed by atoms with van der Waals surface area (Å²) in [6.07, 6.45) is 5.03. The van der Waals surface area contributed by atoms with Crippen molar-refractivity contribution in [3.05, 3.63) is 75.3 Å². The molecule has 0 aromatic heterocycles. The minimum absolute atomic E-state index is 0.0933. The molecule has 1 heterocycles. The van der Waals surface area contributed by atoms with E-state index >= 15 is 0 Å². The van der Waals surface area contributed by atoms with Gasteiger partial charge in [-0.1, -0.05) is 65.7 Å². The zero-order valence-electron chi connectivity index (χ0n) is 20.6. The zero-order valence-corrected chi connectivity index (χ0v) is 22.1. The van der Waals surface area contributed by atoms with E-state index in [2.05, 4.69) is 5.32 Å². The molecular weight excluding hydrogens is 521 g/mol. The van der Waals surface area contributed by atoms with Gasteiger partial charge in [-0.15, -0.1) is 0 Å². The Kier molecular flexibility index (Phi) is 10.5. The van der Waals surface area contributed by atoms with E-state index in [-0.39, 0.29) is 28.6 Å². The predicted octanol–water partition coefficient (Wildman–Crippen LogP) is 4.56. The number of hydrogen-bond donors (Lipinski definition) is 1. The van der Waals surface area contributed by atoms with E-state index in [9.17, 15) is 14.4 Å². The topological polar surface area (TPSA) is 100 Å². The second-order valence-corrected chi connectivity index (χ2v) is 9.19. The van der Waals surface area contributed by atoms with Crippen molar-refractivity contribution in [2.75, 3.05) is 34.0 Å². The third-order valence-electron chi connectivity index (χ3n) is 6.09. The van der Waals surface area contributed by atoms with Gasteiger partial charge in [-0.3, -0.25) is 4.79 Å². The summed E-state index contributed by atoms with van der Waals surface area (Å²) in [6, 6.07) is 11.5. The number of halogens is 2. The van der Waals surface area contributed by atoms with Crippen molar-refractivity contribution >= 4 is 47.1 Å². The summed E-state index contributed by atoms with van der Waals surface area (Å²) in [4.78, 5) is 36.7. The molecular formula is C27H29Cl2NO7. The van der Waals surface area contributed by atoms with Crippen LogP contribution in [0.2, 0.25) is 10.0 Å². The molecule has 1 unspecified atom stereocenters. The largest absolute Gasteiger partial charge is 0.467 e. The molecule has 2 aromatic rings. The molecule has 1 aliphatic rings. The van der Waals surface area contributed by atoms with Crippen molar-refractivity contribution in [1.29, 1.82) is 0 Å². The first-order chi connectivity index (χ1) is 17.8. The van der Waals surface area contributed by atoms with E-state index in [1.807, 2.05) is 30.3 Å². The van der Waals surface area contributed by atoms with Crippen LogP contribution in [0.15, 0.2) is 48.5 Å². The Bertz CT molecular complexity index is 1110. The summed E-state index contributed by atoms with van der Waals surface area (Å²) in [5.74, 6) is -1.60. The van der Waals surface area contributed by atoms with Gasteiger partial charge >= 0.3 is 11.9 Å². The fourth-order valence-electron chi connectivity index (χ4n) is 4.01. The lowest BCUT2D eigenvalue weighted by Crippen LogP contribution is -2.41. The molecule has 1 fully saturated rings. The maximum atomic E-state index is 12.7. The summed E-state index contributed by atoms with van der Waals surface area (Å²) < 4.78 is 21.1. The molecule has 0 radical (unpaired) electrons. The molecule has 2 aromatic carbocycles. The molecule has 8 nitrogen and oxygen atoms in total. The highest BCUT2D eigenvalue weighted by atomic mass is 35.5. The molecule has 0 aliphatic carbocycles. The smallest absolute Gasteiger partial charge is 0.331 e. The van der Waals surface area contributed by atoms with Crippen LogP contribution in [0.5, 0.6) is 0 Å². The van der Waals surface area contributed by atoms with Gasteiger partial charge in [0.1, 0.15) is 12.6 Å². The van der Waals surface area contributed by atoms with Gasteiger partial charge in [0.25, 0.3) is 5.91 Å². The first-order valence-electron chi connectivity index (χ1n) is 11.7. The number of nitrogens with one attached hydrogen (secondary N) is 1. The fraction of sp³-hybridized carbons (Fsp3) is 0.370. The maximum absolute atomic E-state index is 12.7. The molecule has 10 heteroatoms. The lowest BCUT2D eigenvalue weighted by atomic mass is 9.85. The van der Waals surface area contributed by atoms with Crippen LogP contribution in [-0.4, -0.2) is 57.9 Å². The standard InChI is InChI=1S/C27H29Cl2NO7/c1-34-23(31)17-37-27(13-15-36-16-14-27)19-11-9-18(10-12-19)5-3-8-22(26(33)35-2)30-25(32)24-20(28)6-4-7-21(24)29/h3-7,9-12,22H,8,13-17H2,1-2H3,(H,30,32)/b5-3+. The summed E-state index contributed by atoms with van der Waals surface area (Å²) >= 11 is 12.2. The van der Waals surface area contributed by atoms with Crippen molar-refractivity contribution in [3.63, 3.8) is 0 Å². The van der Waals surface area contributed by atoms with E-state index in [1.165, 1.54) is 14.2 Å². The molecule has 37 heavy (non-hydrogen) atoms. The highest BCUT2D eigenvalue weighted by Crippen LogP contribution is 2.36. The van der Waals surface area contributed by atoms with Crippen molar-refractivity contribution in [2.24, 2.45) is 0 Å². The van der Waals surface area contributed by atoms with Crippen molar-refractivity contribution in [1.82, 2.24) is 5.32 Å². The van der Waals surface area contributed by atoms with Gasteiger partial charge in [0.2, 0.25) is 0 Å². The molecule has 1 atom stereocenters. The highest BCUT2D eigenvalue weighted by Gasteiger charge is 2.36. The molecule has 1 aliphatic heterocycles. The number of esters is 2. The van der Waals surface area contributed by atoms with Gasteiger partial charge in [-0.05, 0) is 29.7 Å². The van der Waals surface area contributed by atoms with Gasteiger partial charge in [0.05, 0.1) is 35.4 Å². The fourth-order valence-corrected chi connectivity index (χ4v) is 4.58. The van der Waals surface area contributed by atoms with Crippen molar-refractivity contribution in [2.45, 2.75) is 30.9 Å². The number of carbonyl (C=O) groups excluding carboxylic acids is 3. The second-order valence-electron chi connectivity index (χ2n) is 8.38. The van der Waals surface area contributed by atoms with Gasteiger partial charge in [0.15, 0.2) is 0 Å². The van der Waals surface area contributed by atoms with E-state index in [0.717, 1.165) is 11.1 Å². The Labute approximate surface area is 225 Å². The van der Waals surface area contributed by atoms with Crippen LogP contribution in [0.4, 0.5) is 0 Å². The van der Waals surface area contributed by atoms with E-state index < -0.39 is 29.5 Å². The van der Waals surface area contributed by atoms with Crippen LogP contribution in [0, 0.1) is 0 Å². The normalized spacial score (nSPS) is 15.7. The number of benzene rings is 2. The Morgan fingerprint density at radius 2 is 1.68 bits per heavy atom. The van der Waals surface area contributed by atoms with Crippen LogP contribution >= 0.6 is 23.2 Å². The summed E-state index contributed by atoms with van der Waals surface area (Å²) in [7, 11) is 2.58. The average molecular weight is 550 g/mol. The number of rotatable bonds is 10. The summed E-state index contributed by atoms with van der Waals surface area (Å²) in [5.41, 5.74) is 1.28. The van der Waals surface area contributed by atoms with E-state index in [0.29, 0.717) is 26.1 Å². The zero-order chi connectivity index (χ0) is 26.8. The Balaban J connectivity index is 1.69. The van der Waals surface area contributed by atoms with Gasteiger partial charge < -0.3 is 24.3 Å². The van der Waals surface area contributed by atoms with Gasteiger partial charge in [0, 0.05) is 26.1 Å². The Morgan fingerprint density at radius 1 is 1.03 bits per heavy atom. The van der Waals surface area contributed by atoms with Crippen molar-refractivity contribution in [3.8, 4) is 0 Å². The molecule has 0 bridgehead atoms. The quantitative estimate of drug-likeness (QED) is 0.433. The third-order valence-corrected chi connectivity index (χ3v) is 6.72. The number of methoxy groups -OCH3 is 2. The monoisotopic (exact) mass is 549 g/mol. The molecule has 1 amide bonds. The number of ether oxygens (including phenoxy) is 4. The summed E-state index contributed by atoms with van der Waals surface area (Å²) in [6.45, 7) is 0.921. The number of carbonyl (C=O) groups is 3. The van der Waals surface area contributed by atoms with Crippen LogP contribution in [0.25, 0.3) is 6.08 Å². The molecule has 0 saturated carbocycles. The van der Waals surface area contributed by atoms with E-state index in [1.54, 1.807) is 24.3 Å². The lowest BCUT2D eigenvalue weighted by molar-refractivity contribution is -0.162. The molecule has 198 valence electrons. The molecule has 0 spiro atoms. The molecule has 3 rings (SSSR count). The minimum Gasteiger partial charge on any atom is -0.467 e. The first kappa shape index (κ1) is 28.7. The highest BCUT2D eigenvalue weighted by molar-refractivity contribution is 6.39. The maximum Gasteiger partial charge on any atom is 0.331 e. The van der Waals surface area contributed by atoms with Crippen LogP contribution < -0.4 is 5.32 Å². The average Bonchev–Trinajstić information content (AvgIpc) is 2.91. The first-order valence-corrected chi connectivity index (χ1v) is 12.4. The number of hydrogen-bond acceptors (Lipinski definition) is 7. The van der Waals surface area contributed by atoms with Crippen LogP contribution in [0.1, 0.15) is 40.7 Å². The van der Waals surface area contributed by atoms with Crippen LogP contribution in [-0.2, 0) is 34.1 Å². The minimum atomic E-state index is -0.933.